The quantitative estimate of drug-likeness (QED) is 0.328. The van der Waals surface area contributed by atoms with Gasteiger partial charge in [0.1, 0.15) is 11.6 Å². The van der Waals surface area contributed by atoms with Crippen LogP contribution in [-0.4, -0.2) is 45.1 Å². The van der Waals surface area contributed by atoms with E-state index in [9.17, 15) is 13.9 Å². The van der Waals surface area contributed by atoms with Gasteiger partial charge >= 0.3 is 0 Å². The van der Waals surface area contributed by atoms with E-state index in [1.54, 1.807) is 12.1 Å². The number of rotatable bonds is 9. The molecule has 6 nitrogen and oxygen atoms in total. The molecule has 3 N–H and O–H groups in total. The molecule has 1 aromatic carbocycles. The van der Waals surface area contributed by atoms with Crippen LogP contribution in [0.15, 0.2) is 29.4 Å². The number of halogens is 2. The molecule has 2 heterocycles. The number of hydrogen-bond donors (Lipinski definition) is 3. The molecule has 1 fully saturated rings. The first-order valence-corrected chi connectivity index (χ1v) is 10.3. The second kappa shape index (κ2) is 9.54. The highest BCUT2D eigenvalue weighted by molar-refractivity contribution is 7.98. The van der Waals surface area contributed by atoms with Gasteiger partial charge in [0.15, 0.2) is 16.8 Å². The van der Waals surface area contributed by atoms with Crippen molar-refractivity contribution in [3.63, 3.8) is 0 Å². The van der Waals surface area contributed by atoms with E-state index in [0.29, 0.717) is 16.8 Å². The van der Waals surface area contributed by atoms with E-state index >= 15 is 0 Å². The predicted molar refractivity (Wildman–Crippen MR) is 106 cm³/mol. The topological polar surface area (TPSA) is 73.3 Å². The van der Waals surface area contributed by atoms with Crippen molar-refractivity contribution in [3.8, 4) is 0 Å². The molecule has 10 heteroatoms. The second-order valence-electron chi connectivity index (χ2n) is 6.13. The number of thioether (sulfide) groups is 1. The van der Waals surface area contributed by atoms with Gasteiger partial charge in [-0.1, -0.05) is 23.9 Å². The smallest absolute Gasteiger partial charge is 0.191 e. The van der Waals surface area contributed by atoms with Gasteiger partial charge in [0.05, 0.1) is 6.61 Å². The van der Waals surface area contributed by atoms with Gasteiger partial charge < -0.3 is 15.1 Å². The molecule has 1 saturated heterocycles. The number of anilines is 2. The van der Waals surface area contributed by atoms with Crippen molar-refractivity contribution in [2.45, 2.75) is 30.3 Å². The van der Waals surface area contributed by atoms with Crippen LogP contribution in [0.4, 0.5) is 20.4 Å². The first-order chi connectivity index (χ1) is 13.0. The highest BCUT2D eigenvalue weighted by Crippen LogP contribution is 2.27. The van der Waals surface area contributed by atoms with Crippen LogP contribution in [0, 0.1) is 11.6 Å². The van der Waals surface area contributed by atoms with Gasteiger partial charge in [0.25, 0.3) is 0 Å². The summed E-state index contributed by atoms with van der Waals surface area (Å²) < 4.78 is 32.6. The Kier molecular flexibility index (Phi) is 7.11. The molecule has 1 aliphatic rings. The van der Waals surface area contributed by atoms with Crippen molar-refractivity contribution in [1.82, 2.24) is 14.3 Å². The van der Waals surface area contributed by atoms with Crippen LogP contribution in [0.25, 0.3) is 0 Å². The number of benzene rings is 1. The molecule has 1 aliphatic heterocycles. The van der Waals surface area contributed by atoms with E-state index in [0.717, 1.165) is 19.2 Å². The maximum absolute atomic E-state index is 13.8. The van der Waals surface area contributed by atoms with Gasteiger partial charge in [-0.2, -0.15) is 0 Å². The maximum Gasteiger partial charge on any atom is 0.191 e. The van der Waals surface area contributed by atoms with Crippen LogP contribution in [0.1, 0.15) is 18.9 Å². The zero-order valence-corrected chi connectivity index (χ0v) is 16.4. The molecule has 27 heavy (non-hydrogen) atoms. The summed E-state index contributed by atoms with van der Waals surface area (Å²) in [7, 11) is 0. The van der Waals surface area contributed by atoms with Crippen molar-refractivity contribution in [2.24, 2.45) is 0 Å². The molecule has 0 bridgehead atoms. The molecule has 0 spiro atoms. The molecule has 1 atom stereocenters. The highest BCUT2D eigenvalue weighted by atomic mass is 32.2. The van der Waals surface area contributed by atoms with Gasteiger partial charge in [0.2, 0.25) is 0 Å². The predicted octanol–water partition coefficient (Wildman–Crippen LogP) is 3.52. The average molecular weight is 414 g/mol. The molecule has 0 amide bonds. The van der Waals surface area contributed by atoms with Crippen molar-refractivity contribution in [2.75, 3.05) is 29.7 Å². The summed E-state index contributed by atoms with van der Waals surface area (Å²) in [5.74, 6) is -0.340. The zero-order chi connectivity index (χ0) is 19.2. The minimum atomic E-state index is -0.866. The summed E-state index contributed by atoms with van der Waals surface area (Å²) in [4.78, 5) is 8.84. The normalized spacial score (nSPS) is 15.3. The summed E-state index contributed by atoms with van der Waals surface area (Å²) in [6.07, 6.45) is 1.18. The Morgan fingerprint density at radius 2 is 2.04 bits per heavy atom. The van der Waals surface area contributed by atoms with Crippen molar-refractivity contribution in [1.29, 1.82) is 0 Å². The lowest BCUT2D eigenvalue weighted by Crippen LogP contribution is -2.31. The molecule has 0 aliphatic carbocycles. The molecule has 2 aromatic rings. The lowest BCUT2D eigenvalue weighted by atomic mass is 10.2. The van der Waals surface area contributed by atoms with E-state index in [1.165, 1.54) is 36.4 Å². The van der Waals surface area contributed by atoms with Crippen molar-refractivity contribution < 1.29 is 13.9 Å². The van der Waals surface area contributed by atoms with Crippen LogP contribution in [-0.2, 0) is 5.75 Å². The Morgan fingerprint density at radius 1 is 1.26 bits per heavy atom. The molecule has 0 radical (unpaired) electrons. The summed E-state index contributed by atoms with van der Waals surface area (Å²) in [5.41, 5.74) is 0.259. The molecule has 0 unspecified atom stereocenters. The first-order valence-electron chi connectivity index (χ1n) is 8.55. The minimum Gasteiger partial charge on any atom is -0.394 e. The summed E-state index contributed by atoms with van der Waals surface area (Å²) in [6, 6.07) is 5.70. The number of aliphatic hydroxyl groups is 1. The largest absolute Gasteiger partial charge is 0.394 e. The third-order valence-electron chi connectivity index (χ3n) is 3.86. The molecule has 146 valence electrons. The zero-order valence-electron chi connectivity index (χ0n) is 14.8. The SMILES string of the molecule is C[C@H](CO)Nc1cc(NSN2CCC2)nc(SCc2cccc(F)c2F)n1. The van der Waals surface area contributed by atoms with Crippen LogP contribution < -0.4 is 10.0 Å². The molecule has 0 saturated carbocycles. The van der Waals surface area contributed by atoms with E-state index in [-0.39, 0.29) is 24.0 Å². The minimum absolute atomic E-state index is 0.0354. The third-order valence-corrected chi connectivity index (χ3v) is 5.68. The fraction of sp³-hybridized carbons (Fsp3) is 0.412. The average Bonchev–Trinajstić information content (AvgIpc) is 2.61. The number of aliphatic hydroxyl groups excluding tert-OH is 1. The van der Waals surface area contributed by atoms with E-state index in [1.807, 2.05) is 6.92 Å². The molecular formula is C17H21F2N5OS2. The molecule has 3 rings (SSSR count). The Hall–Kier alpha value is -1.62. The van der Waals surface area contributed by atoms with E-state index < -0.39 is 11.6 Å². The van der Waals surface area contributed by atoms with Gasteiger partial charge in [-0.05, 0) is 19.4 Å². The van der Waals surface area contributed by atoms with Gasteiger partial charge in [0, 0.05) is 48.6 Å². The van der Waals surface area contributed by atoms with Gasteiger partial charge in [-0.15, -0.1) is 0 Å². The van der Waals surface area contributed by atoms with Crippen LogP contribution in [0.2, 0.25) is 0 Å². The van der Waals surface area contributed by atoms with Crippen LogP contribution in [0.3, 0.4) is 0 Å². The lowest BCUT2D eigenvalue weighted by molar-refractivity contribution is 0.281. The van der Waals surface area contributed by atoms with Gasteiger partial charge in [-0.3, -0.25) is 0 Å². The third kappa shape index (κ3) is 5.68. The molecule has 1 aromatic heterocycles. The standard InChI is InChI=1S/C17H21F2N5OS2/c1-11(9-25)20-14-8-15(23-27-24-6-3-7-24)22-17(21-14)26-10-12-4-2-5-13(18)16(12)19/h2,4-5,8,11,25H,3,6-7,9-10H2,1H3,(H2,20,21,22,23)/t11-/m1/s1. The number of nitrogens with one attached hydrogen (secondary N) is 2. The summed E-state index contributed by atoms with van der Waals surface area (Å²) >= 11 is 2.69. The second-order valence-corrected chi connectivity index (χ2v) is 7.97. The fourth-order valence-corrected chi connectivity index (χ4v) is 3.81. The molecular weight excluding hydrogens is 392 g/mol. The highest BCUT2D eigenvalue weighted by Gasteiger charge is 2.16. The Labute approximate surface area is 165 Å². The first kappa shape index (κ1) is 20.1. The summed E-state index contributed by atoms with van der Waals surface area (Å²) in [5, 5.41) is 12.8. The Morgan fingerprint density at radius 3 is 2.74 bits per heavy atom. The monoisotopic (exact) mass is 413 g/mol. The van der Waals surface area contributed by atoms with Crippen molar-refractivity contribution >= 4 is 35.5 Å². The lowest BCUT2D eigenvalue weighted by Gasteiger charge is -2.28. The Bertz CT molecular complexity index is 779. The van der Waals surface area contributed by atoms with Crippen LogP contribution in [0.5, 0.6) is 0 Å². The Balaban J connectivity index is 1.72. The maximum atomic E-state index is 13.8. The fourth-order valence-electron chi connectivity index (χ4n) is 2.21. The van der Waals surface area contributed by atoms with Crippen molar-refractivity contribution in [3.05, 3.63) is 41.5 Å². The number of aromatic nitrogens is 2. The summed E-state index contributed by atoms with van der Waals surface area (Å²) in [6.45, 7) is 3.84. The van der Waals surface area contributed by atoms with E-state index in [4.69, 9.17) is 0 Å². The number of hydrogen-bond acceptors (Lipinski definition) is 8. The number of nitrogens with zero attached hydrogens (tertiary/aromatic N) is 3. The van der Waals surface area contributed by atoms with E-state index in [2.05, 4.69) is 24.3 Å². The van der Waals surface area contributed by atoms with Crippen LogP contribution >= 0.6 is 23.9 Å². The van der Waals surface area contributed by atoms with Gasteiger partial charge in [-0.25, -0.2) is 23.1 Å².